The molecule has 6 heteroatoms. The summed E-state index contributed by atoms with van der Waals surface area (Å²) in [4.78, 5) is 19.0. The summed E-state index contributed by atoms with van der Waals surface area (Å²) < 4.78 is 7.37. The molecule has 1 atom stereocenters. The van der Waals surface area contributed by atoms with E-state index in [1.165, 1.54) is 5.57 Å². The molecule has 1 saturated heterocycles. The molecule has 6 nitrogen and oxygen atoms in total. The Hall–Kier alpha value is -2.34. The lowest BCUT2D eigenvalue weighted by molar-refractivity contribution is -0.123. The minimum atomic E-state index is 0.210. The second kappa shape index (κ2) is 7.72. The predicted octanol–water partition coefficient (Wildman–Crippen LogP) is 2.80. The van der Waals surface area contributed by atoms with E-state index in [9.17, 15) is 4.79 Å². The molecule has 1 spiro atoms. The van der Waals surface area contributed by atoms with Crippen molar-refractivity contribution >= 4 is 12.0 Å². The van der Waals surface area contributed by atoms with E-state index in [0.29, 0.717) is 6.54 Å². The van der Waals surface area contributed by atoms with Gasteiger partial charge < -0.3 is 14.3 Å². The number of nitrogens with one attached hydrogen (secondary N) is 1. The van der Waals surface area contributed by atoms with Crippen LogP contribution < -0.4 is 5.32 Å². The van der Waals surface area contributed by atoms with Crippen LogP contribution >= 0.6 is 0 Å². The first kappa shape index (κ1) is 18.0. The lowest BCUT2D eigenvalue weighted by Crippen LogP contribution is -2.38. The highest BCUT2D eigenvalue weighted by Crippen LogP contribution is 2.59. The zero-order valence-electron chi connectivity index (χ0n) is 15.9. The highest BCUT2D eigenvalue weighted by Gasteiger charge is 2.58. The molecule has 1 saturated carbocycles. The van der Waals surface area contributed by atoms with Gasteiger partial charge in [0, 0.05) is 37.9 Å². The van der Waals surface area contributed by atoms with Crippen LogP contribution in [0.1, 0.15) is 31.9 Å². The zero-order valence-corrected chi connectivity index (χ0v) is 15.9. The molecule has 1 N–H and O–H groups in total. The third-order valence-electron chi connectivity index (χ3n) is 5.99. The fourth-order valence-electron chi connectivity index (χ4n) is 4.29. The van der Waals surface area contributed by atoms with Gasteiger partial charge >= 0.3 is 0 Å². The van der Waals surface area contributed by atoms with E-state index in [-0.39, 0.29) is 17.2 Å². The molecule has 3 heterocycles. The quantitative estimate of drug-likeness (QED) is 0.816. The molecule has 27 heavy (non-hydrogen) atoms. The third kappa shape index (κ3) is 4.33. The van der Waals surface area contributed by atoms with Gasteiger partial charge in [0.25, 0.3) is 0 Å². The maximum Gasteiger partial charge on any atom is 0.223 e. The monoisotopic (exact) mass is 368 g/mol. The fourth-order valence-corrected chi connectivity index (χ4v) is 4.29. The smallest absolute Gasteiger partial charge is 0.223 e. The Morgan fingerprint density at radius 3 is 3.00 bits per heavy atom. The second-order valence-electron chi connectivity index (χ2n) is 7.99. The number of piperidine rings is 1. The number of nitrogens with zero attached hydrogens (tertiary/aromatic N) is 3. The fraction of sp³-hybridized carbons (Fsp3) is 0.524. The molecular formula is C21H28N4O2. The standard InChI is InChI=1S/C21H28N4O2/c1-17(13-18-3-2-12-27-18)15-24-8-4-21(5-9-24)14-19(21)20(26)23-7-11-25-10-6-22-16-25/h2-3,6,10,12-13,16,19H,4-5,7-9,11,14-15H2,1H3,(H,23,26)/b17-13+. The van der Waals surface area contributed by atoms with Crippen LogP contribution in [0.4, 0.5) is 0 Å². The van der Waals surface area contributed by atoms with Gasteiger partial charge in [0.15, 0.2) is 0 Å². The van der Waals surface area contributed by atoms with Crippen LogP contribution in [0, 0.1) is 11.3 Å². The first-order valence-electron chi connectivity index (χ1n) is 9.81. The molecule has 2 aromatic rings. The lowest BCUT2D eigenvalue weighted by Gasteiger charge is -2.33. The molecule has 0 bridgehead atoms. The first-order valence-corrected chi connectivity index (χ1v) is 9.81. The van der Waals surface area contributed by atoms with Crippen molar-refractivity contribution in [1.29, 1.82) is 0 Å². The molecule has 2 fully saturated rings. The summed E-state index contributed by atoms with van der Waals surface area (Å²) in [5.41, 5.74) is 1.57. The second-order valence-corrected chi connectivity index (χ2v) is 7.99. The van der Waals surface area contributed by atoms with Gasteiger partial charge in [-0.1, -0.05) is 5.57 Å². The molecule has 2 aliphatic rings. The van der Waals surface area contributed by atoms with Crippen LogP contribution in [-0.2, 0) is 11.3 Å². The van der Waals surface area contributed by atoms with Gasteiger partial charge in [0.1, 0.15) is 5.76 Å². The van der Waals surface area contributed by atoms with Crippen molar-refractivity contribution in [2.24, 2.45) is 11.3 Å². The van der Waals surface area contributed by atoms with Crippen molar-refractivity contribution in [2.75, 3.05) is 26.2 Å². The molecule has 1 aliphatic carbocycles. The normalized spacial score (nSPS) is 22.1. The summed E-state index contributed by atoms with van der Waals surface area (Å²) in [6.45, 7) is 6.72. The van der Waals surface area contributed by atoms with Crippen molar-refractivity contribution in [2.45, 2.75) is 32.7 Å². The highest BCUT2D eigenvalue weighted by molar-refractivity contribution is 5.82. The van der Waals surface area contributed by atoms with Gasteiger partial charge in [0.2, 0.25) is 5.91 Å². The number of rotatable bonds is 7. The van der Waals surface area contributed by atoms with E-state index in [1.807, 2.05) is 22.9 Å². The van der Waals surface area contributed by atoms with Crippen LogP contribution in [0.3, 0.4) is 0 Å². The van der Waals surface area contributed by atoms with Crippen molar-refractivity contribution in [1.82, 2.24) is 19.8 Å². The average Bonchev–Trinajstić information content (AvgIpc) is 3.04. The molecule has 1 unspecified atom stereocenters. The Bertz CT molecular complexity index is 771. The third-order valence-corrected chi connectivity index (χ3v) is 5.99. The highest BCUT2D eigenvalue weighted by atomic mass is 16.3. The number of furan rings is 1. The molecule has 2 aromatic heterocycles. The van der Waals surface area contributed by atoms with Gasteiger partial charge in [0.05, 0.1) is 12.6 Å². The Balaban J connectivity index is 1.19. The van der Waals surface area contributed by atoms with E-state index in [2.05, 4.69) is 28.2 Å². The van der Waals surface area contributed by atoms with Crippen LogP contribution in [0.2, 0.25) is 0 Å². The number of imidazole rings is 1. The summed E-state index contributed by atoms with van der Waals surface area (Å²) in [6, 6.07) is 3.90. The SMILES string of the molecule is C/C(=C\c1ccco1)CN1CCC2(CC1)CC2C(=O)NCCn1ccnc1. The molecule has 4 rings (SSSR count). The lowest BCUT2D eigenvalue weighted by atomic mass is 9.90. The van der Waals surface area contributed by atoms with E-state index < -0.39 is 0 Å². The summed E-state index contributed by atoms with van der Waals surface area (Å²) in [7, 11) is 0. The Kier molecular flexibility index (Phi) is 5.16. The Morgan fingerprint density at radius 2 is 2.30 bits per heavy atom. The van der Waals surface area contributed by atoms with E-state index in [1.54, 1.807) is 18.8 Å². The van der Waals surface area contributed by atoms with E-state index in [4.69, 9.17) is 4.42 Å². The molecule has 0 aromatic carbocycles. The van der Waals surface area contributed by atoms with Gasteiger partial charge in [-0.2, -0.15) is 0 Å². The minimum absolute atomic E-state index is 0.210. The van der Waals surface area contributed by atoms with Gasteiger partial charge in [-0.3, -0.25) is 9.69 Å². The van der Waals surface area contributed by atoms with Crippen molar-refractivity contribution in [3.63, 3.8) is 0 Å². The van der Waals surface area contributed by atoms with Gasteiger partial charge in [-0.25, -0.2) is 4.98 Å². The number of hydrogen-bond donors (Lipinski definition) is 1. The van der Waals surface area contributed by atoms with Crippen molar-refractivity contribution in [3.8, 4) is 0 Å². The summed E-state index contributed by atoms with van der Waals surface area (Å²) >= 11 is 0. The average molecular weight is 368 g/mol. The number of amides is 1. The predicted molar refractivity (Wildman–Crippen MR) is 104 cm³/mol. The summed E-state index contributed by atoms with van der Waals surface area (Å²) in [5.74, 6) is 1.36. The molecule has 144 valence electrons. The number of carbonyl (C=O) groups is 1. The largest absolute Gasteiger partial charge is 0.465 e. The van der Waals surface area contributed by atoms with Gasteiger partial charge in [-0.05, 0) is 62.9 Å². The maximum atomic E-state index is 12.5. The Labute approximate surface area is 160 Å². The van der Waals surface area contributed by atoms with Crippen LogP contribution in [0.15, 0.2) is 47.1 Å². The molecule has 0 radical (unpaired) electrons. The summed E-state index contributed by atoms with van der Waals surface area (Å²) in [6.07, 6.45) is 12.6. The number of aromatic nitrogens is 2. The molecule has 1 amide bonds. The molecule has 1 aliphatic heterocycles. The zero-order chi connectivity index (χ0) is 18.7. The van der Waals surface area contributed by atoms with Crippen LogP contribution in [0.5, 0.6) is 0 Å². The minimum Gasteiger partial charge on any atom is -0.465 e. The van der Waals surface area contributed by atoms with Crippen molar-refractivity contribution in [3.05, 3.63) is 48.5 Å². The number of carbonyl (C=O) groups excluding carboxylic acids is 1. The number of likely N-dealkylation sites (tertiary alicyclic amines) is 1. The topological polar surface area (TPSA) is 63.3 Å². The summed E-state index contributed by atoms with van der Waals surface area (Å²) in [5, 5.41) is 3.10. The van der Waals surface area contributed by atoms with Crippen molar-refractivity contribution < 1.29 is 9.21 Å². The van der Waals surface area contributed by atoms with E-state index in [0.717, 1.165) is 51.2 Å². The first-order chi connectivity index (χ1) is 13.1. The maximum absolute atomic E-state index is 12.5. The Morgan fingerprint density at radius 1 is 1.44 bits per heavy atom. The van der Waals surface area contributed by atoms with Crippen LogP contribution in [0.25, 0.3) is 6.08 Å². The van der Waals surface area contributed by atoms with Gasteiger partial charge in [-0.15, -0.1) is 0 Å². The van der Waals surface area contributed by atoms with E-state index >= 15 is 0 Å². The van der Waals surface area contributed by atoms with Crippen LogP contribution in [-0.4, -0.2) is 46.5 Å². The molecular weight excluding hydrogens is 340 g/mol. The number of hydrogen-bond acceptors (Lipinski definition) is 4.